The smallest absolute Gasteiger partial charge is 0.0474 e. The van der Waals surface area contributed by atoms with Crippen LogP contribution in [-0.2, 0) is 0 Å². The average Bonchev–Trinajstić information content (AvgIpc) is 2.13. The van der Waals surface area contributed by atoms with E-state index in [2.05, 4.69) is 17.5 Å². The molecule has 48 valence electrons. The van der Waals surface area contributed by atoms with E-state index in [1.165, 1.54) is 5.57 Å². The van der Waals surface area contributed by atoms with Gasteiger partial charge in [0.2, 0.25) is 0 Å². The topological polar surface area (TPSA) is 24.4 Å². The summed E-state index contributed by atoms with van der Waals surface area (Å²) in [6.07, 6.45) is 8.67. The Bertz CT molecular complexity index is 166. The van der Waals surface area contributed by atoms with Crippen LogP contribution >= 0.6 is 0 Å². The fourth-order valence-corrected chi connectivity index (χ4v) is 0.655. The van der Waals surface area contributed by atoms with Crippen molar-refractivity contribution in [1.29, 1.82) is 0 Å². The third-order valence-corrected chi connectivity index (χ3v) is 1.22. The van der Waals surface area contributed by atoms with E-state index in [9.17, 15) is 0 Å². The van der Waals surface area contributed by atoms with Crippen LogP contribution in [0.25, 0.3) is 0 Å². The summed E-state index contributed by atoms with van der Waals surface area (Å²) in [5.41, 5.74) is 4.04. The Morgan fingerprint density at radius 1 is 1.67 bits per heavy atom. The van der Waals surface area contributed by atoms with Crippen molar-refractivity contribution in [3.8, 4) is 0 Å². The molecule has 0 bridgehead atoms. The zero-order chi connectivity index (χ0) is 6.53. The minimum absolute atomic E-state index is 1.06. The fraction of sp³-hybridized carbons (Fsp3) is 0.286. The van der Waals surface area contributed by atoms with Crippen LogP contribution < -0.4 is 5.43 Å². The second kappa shape index (κ2) is 3.07. The highest BCUT2D eigenvalue weighted by atomic mass is 15.3. The van der Waals surface area contributed by atoms with Gasteiger partial charge in [0.15, 0.2) is 0 Å². The molecule has 0 aromatic heterocycles. The van der Waals surface area contributed by atoms with E-state index in [1.54, 1.807) is 6.21 Å². The molecule has 1 N–H and O–H groups in total. The van der Waals surface area contributed by atoms with Crippen molar-refractivity contribution < 1.29 is 0 Å². The van der Waals surface area contributed by atoms with Gasteiger partial charge in [-0.15, -0.1) is 0 Å². The van der Waals surface area contributed by atoms with Crippen molar-refractivity contribution >= 4 is 6.21 Å². The highest BCUT2D eigenvalue weighted by molar-refractivity contribution is 5.73. The molecule has 0 aromatic carbocycles. The van der Waals surface area contributed by atoms with Crippen LogP contribution in [0.2, 0.25) is 0 Å². The van der Waals surface area contributed by atoms with Gasteiger partial charge in [0, 0.05) is 12.4 Å². The molecule has 1 rings (SSSR count). The molecule has 1 aliphatic heterocycles. The van der Waals surface area contributed by atoms with Gasteiger partial charge in [-0.25, -0.2) is 0 Å². The molecule has 0 amide bonds. The lowest BCUT2D eigenvalue weighted by Crippen LogP contribution is -1.89. The second-order valence-corrected chi connectivity index (χ2v) is 1.84. The van der Waals surface area contributed by atoms with E-state index in [4.69, 9.17) is 0 Å². The van der Waals surface area contributed by atoms with Crippen molar-refractivity contribution in [3.63, 3.8) is 0 Å². The van der Waals surface area contributed by atoms with E-state index in [0.29, 0.717) is 0 Å². The molecular formula is C7H10N2. The Hall–Kier alpha value is -1.05. The molecule has 2 nitrogen and oxygen atoms in total. The summed E-state index contributed by atoms with van der Waals surface area (Å²) in [5.74, 6) is 0. The molecule has 0 atom stereocenters. The monoisotopic (exact) mass is 122 g/mol. The Labute approximate surface area is 55.0 Å². The van der Waals surface area contributed by atoms with Crippen LogP contribution in [0.15, 0.2) is 29.0 Å². The highest BCUT2D eigenvalue weighted by Gasteiger charge is 1.86. The normalized spacial score (nSPS) is 16.3. The van der Waals surface area contributed by atoms with E-state index < -0.39 is 0 Å². The molecular weight excluding hydrogens is 112 g/mol. The first-order valence-electron chi connectivity index (χ1n) is 3.08. The van der Waals surface area contributed by atoms with Crippen molar-refractivity contribution in [1.82, 2.24) is 5.43 Å². The van der Waals surface area contributed by atoms with E-state index >= 15 is 0 Å². The Kier molecular flexibility index (Phi) is 2.07. The first kappa shape index (κ1) is 6.08. The maximum absolute atomic E-state index is 3.83. The molecule has 1 heterocycles. The van der Waals surface area contributed by atoms with Crippen molar-refractivity contribution in [2.24, 2.45) is 5.10 Å². The minimum Gasteiger partial charge on any atom is -0.286 e. The molecule has 1 aliphatic rings. The Morgan fingerprint density at radius 2 is 2.56 bits per heavy atom. The number of hydrazone groups is 1. The fourth-order valence-electron chi connectivity index (χ4n) is 0.655. The lowest BCUT2D eigenvalue weighted by molar-refractivity contribution is 0.977. The number of allylic oxidation sites excluding steroid dienone is 3. The van der Waals surface area contributed by atoms with Crippen molar-refractivity contribution in [2.75, 3.05) is 0 Å². The maximum Gasteiger partial charge on any atom is 0.0474 e. The predicted octanol–water partition coefficient (Wildman–Crippen LogP) is 1.43. The van der Waals surface area contributed by atoms with Crippen LogP contribution in [0, 0.1) is 0 Å². The summed E-state index contributed by atoms with van der Waals surface area (Å²) in [7, 11) is 0. The van der Waals surface area contributed by atoms with Gasteiger partial charge in [0.05, 0.1) is 0 Å². The van der Waals surface area contributed by atoms with E-state index in [-0.39, 0.29) is 0 Å². The lowest BCUT2D eigenvalue weighted by Gasteiger charge is -1.88. The first-order chi connectivity index (χ1) is 4.43. The van der Waals surface area contributed by atoms with Crippen LogP contribution in [0.3, 0.4) is 0 Å². The molecule has 0 fully saturated rings. The number of nitrogens with zero attached hydrogens (tertiary/aromatic N) is 1. The standard InChI is InChI=1S/C7H10N2/c1-2-7-3-5-8-9-6-4-7/h3-6,8H,2H2,1H3. The molecule has 9 heavy (non-hydrogen) atoms. The van der Waals surface area contributed by atoms with Crippen molar-refractivity contribution in [2.45, 2.75) is 13.3 Å². The van der Waals surface area contributed by atoms with Gasteiger partial charge < -0.3 is 0 Å². The van der Waals surface area contributed by atoms with Crippen LogP contribution in [0.5, 0.6) is 0 Å². The van der Waals surface area contributed by atoms with Gasteiger partial charge in [-0.2, -0.15) is 5.10 Å². The molecule has 0 aromatic rings. The summed E-state index contributed by atoms with van der Waals surface area (Å²) >= 11 is 0. The van der Waals surface area contributed by atoms with Crippen LogP contribution in [-0.4, -0.2) is 6.21 Å². The van der Waals surface area contributed by atoms with Crippen LogP contribution in [0.1, 0.15) is 13.3 Å². The van der Waals surface area contributed by atoms with E-state index in [0.717, 1.165) is 6.42 Å². The molecule has 0 unspecified atom stereocenters. The number of nitrogens with one attached hydrogen (secondary N) is 1. The van der Waals surface area contributed by atoms with Gasteiger partial charge in [-0.3, -0.25) is 5.43 Å². The number of rotatable bonds is 1. The molecule has 2 heteroatoms. The zero-order valence-electron chi connectivity index (χ0n) is 5.46. The predicted molar refractivity (Wildman–Crippen MR) is 39.1 cm³/mol. The van der Waals surface area contributed by atoms with Crippen LogP contribution in [0.4, 0.5) is 0 Å². The average molecular weight is 122 g/mol. The van der Waals surface area contributed by atoms with Gasteiger partial charge >= 0.3 is 0 Å². The Balaban J connectivity index is 2.67. The van der Waals surface area contributed by atoms with E-state index in [1.807, 2.05) is 18.4 Å². The SMILES string of the molecule is CCC1=CC=NNC=C1. The van der Waals surface area contributed by atoms with Gasteiger partial charge in [-0.1, -0.05) is 6.92 Å². The van der Waals surface area contributed by atoms with Gasteiger partial charge in [-0.05, 0) is 24.1 Å². The molecule has 0 saturated heterocycles. The maximum atomic E-state index is 3.83. The van der Waals surface area contributed by atoms with Gasteiger partial charge in [0.1, 0.15) is 0 Å². The third-order valence-electron chi connectivity index (χ3n) is 1.22. The summed E-state index contributed by atoms with van der Waals surface area (Å²) in [4.78, 5) is 0. The minimum atomic E-state index is 1.06. The third kappa shape index (κ3) is 1.72. The summed E-state index contributed by atoms with van der Waals surface area (Å²) in [5, 5.41) is 3.83. The molecule has 0 radical (unpaired) electrons. The molecule has 0 spiro atoms. The molecule has 0 saturated carbocycles. The highest BCUT2D eigenvalue weighted by Crippen LogP contribution is 2.01. The number of hydrogen-bond acceptors (Lipinski definition) is 2. The summed E-state index contributed by atoms with van der Waals surface area (Å²) in [6, 6.07) is 0. The van der Waals surface area contributed by atoms with Gasteiger partial charge in [0.25, 0.3) is 0 Å². The summed E-state index contributed by atoms with van der Waals surface area (Å²) < 4.78 is 0. The number of hydrogen-bond donors (Lipinski definition) is 1. The lowest BCUT2D eigenvalue weighted by atomic mass is 10.2. The van der Waals surface area contributed by atoms with Crippen molar-refractivity contribution in [3.05, 3.63) is 23.9 Å². The largest absolute Gasteiger partial charge is 0.286 e. The molecule has 0 aliphatic carbocycles. The summed E-state index contributed by atoms with van der Waals surface area (Å²) in [6.45, 7) is 2.12. The Morgan fingerprint density at radius 3 is 3.33 bits per heavy atom. The quantitative estimate of drug-likeness (QED) is 0.559. The second-order valence-electron chi connectivity index (χ2n) is 1.84. The first-order valence-corrected chi connectivity index (χ1v) is 3.08. The zero-order valence-corrected chi connectivity index (χ0v) is 5.46.